The van der Waals surface area contributed by atoms with Gasteiger partial charge in [0.05, 0.1) is 7.11 Å². The number of rotatable bonds is 6. The summed E-state index contributed by atoms with van der Waals surface area (Å²) >= 11 is 0. The van der Waals surface area contributed by atoms with Gasteiger partial charge < -0.3 is 10.1 Å². The fraction of sp³-hybridized carbons (Fsp3) is 0.667. The van der Waals surface area contributed by atoms with Gasteiger partial charge in [0.2, 0.25) is 0 Å². The number of hydrogen-bond donors (Lipinski definition) is 1. The van der Waals surface area contributed by atoms with Gasteiger partial charge in [0.15, 0.2) is 11.6 Å². The summed E-state index contributed by atoms with van der Waals surface area (Å²) in [5, 5.41) is 3.61. The van der Waals surface area contributed by atoms with E-state index in [-0.39, 0.29) is 5.82 Å². The molecule has 0 aromatic heterocycles. The van der Waals surface area contributed by atoms with Crippen LogP contribution in [0.4, 0.5) is 4.39 Å². The molecule has 1 N–H and O–H groups in total. The minimum Gasteiger partial charge on any atom is -0.494 e. The lowest BCUT2D eigenvalue weighted by Gasteiger charge is -2.32. The van der Waals surface area contributed by atoms with Crippen LogP contribution in [0.3, 0.4) is 0 Å². The average molecular weight is 291 g/mol. The smallest absolute Gasteiger partial charge is 0.165 e. The van der Waals surface area contributed by atoms with E-state index < -0.39 is 0 Å². The highest BCUT2D eigenvalue weighted by Crippen LogP contribution is 2.60. The summed E-state index contributed by atoms with van der Waals surface area (Å²) in [6.45, 7) is 5.43. The van der Waals surface area contributed by atoms with E-state index in [2.05, 4.69) is 19.2 Å². The Kier molecular flexibility index (Phi) is 3.96. The van der Waals surface area contributed by atoms with Crippen molar-refractivity contribution >= 4 is 0 Å². The van der Waals surface area contributed by atoms with Gasteiger partial charge >= 0.3 is 0 Å². The Labute approximate surface area is 127 Å². The molecule has 1 aromatic rings. The van der Waals surface area contributed by atoms with E-state index in [1.165, 1.54) is 26.4 Å². The first kappa shape index (κ1) is 14.8. The molecule has 2 nitrogen and oxygen atoms in total. The predicted octanol–water partition coefficient (Wildman–Crippen LogP) is 3.79. The van der Waals surface area contributed by atoms with Crippen molar-refractivity contribution in [3.05, 3.63) is 29.6 Å². The fourth-order valence-corrected chi connectivity index (χ4v) is 4.03. The van der Waals surface area contributed by atoms with E-state index in [1.807, 2.05) is 6.07 Å². The van der Waals surface area contributed by atoms with Gasteiger partial charge in [0.25, 0.3) is 0 Å². The number of hydrogen-bond acceptors (Lipinski definition) is 2. The van der Waals surface area contributed by atoms with Crippen LogP contribution in [0.2, 0.25) is 0 Å². The van der Waals surface area contributed by atoms with Crippen molar-refractivity contribution in [2.45, 2.75) is 45.6 Å². The number of nitrogens with one attached hydrogen (secondary N) is 1. The molecule has 2 fully saturated rings. The van der Waals surface area contributed by atoms with Crippen LogP contribution < -0.4 is 10.1 Å². The van der Waals surface area contributed by atoms with Crippen LogP contribution in [0.1, 0.15) is 38.7 Å². The summed E-state index contributed by atoms with van der Waals surface area (Å²) in [6, 6.07) is 5.93. The second kappa shape index (κ2) is 5.60. The van der Waals surface area contributed by atoms with Crippen LogP contribution in [0.5, 0.6) is 5.75 Å². The molecule has 3 heteroatoms. The van der Waals surface area contributed by atoms with E-state index in [4.69, 9.17) is 4.74 Å². The topological polar surface area (TPSA) is 21.3 Å². The largest absolute Gasteiger partial charge is 0.494 e. The Balaban J connectivity index is 1.73. The Morgan fingerprint density at radius 2 is 2.05 bits per heavy atom. The zero-order valence-corrected chi connectivity index (χ0v) is 13.3. The van der Waals surface area contributed by atoms with Gasteiger partial charge in [-0.1, -0.05) is 19.9 Å². The van der Waals surface area contributed by atoms with Gasteiger partial charge in [0, 0.05) is 12.6 Å². The van der Waals surface area contributed by atoms with Crippen LogP contribution in [0, 0.1) is 23.1 Å². The normalized spacial score (nSPS) is 30.5. The van der Waals surface area contributed by atoms with E-state index in [0.717, 1.165) is 30.4 Å². The second-order valence-electron chi connectivity index (χ2n) is 7.35. The van der Waals surface area contributed by atoms with E-state index >= 15 is 0 Å². The summed E-state index contributed by atoms with van der Waals surface area (Å²) in [4.78, 5) is 0. The average Bonchev–Trinajstić information content (AvgIpc) is 3.05. The van der Waals surface area contributed by atoms with Gasteiger partial charge in [-0.15, -0.1) is 0 Å². The molecule has 3 rings (SSSR count). The summed E-state index contributed by atoms with van der Waals surface area (Å²) in [5.74, 6) is 1.96. The molecule has 2 atom stereocenters. The molecule has 0 aliphatic heterocycles. The molecule has 2 aliphatic rings. The zero-order chi connectivity index (χ0) is 15.0. The Hall–Kier alpha value is -1.09. The van der Waals surface area contributed by atoms with Crippen molar-refractivity contribution in [1.29, 1.82) is 0 Å². The zero-order valence-electron chi connectivity index (χ0n) is 13.3. The lowest BCUT2D eigenvalue weighted by Crippen LogP contribution is -2.38. The molecule has 0 bridgehead atoms. The van der Waals surface area contributed by atoms with Gasteiger partial charge in [-0.2, -0.15) is 0 Å². The Bertz CT molecular complexity index is 504. The van der Waals surface area contributed by atoms with Crippen LogP contribution in [-0.2, 0) is 6.42 Å². The monoisotopic (exact) mass is 291 g/mol. The highest BCUT2D eigenvalue weighted by atomic mass is 19.1. The third kappa shape index (κ3) is 3.23. The highest BCUT2D eigenvalue weighted by Gasteiger charge is 2.53. The first-order chi connectivity index (χ1) is 10.0. The van der Waals surface area contributed by atoms with Crippen molar-refractivity contribution in [3.8, 4) is 5.75 Å². The minimum absolute atomic E-state index is 0.245. The van der Waals surface area contributed by atoms with Crippen LogP contribution >= 0.6 is 0 Å². The maximum atomic E-state index is 13.9. The SMILES string of the molecule is COc1ccc(CC2(CNC(C)C)CC3CC3C2)cc1F. The maximum Gasteiger partial charge on any atom is 0.165 e. The Morgan fingerprint density at radius 1 is 1.33 bits per heavy atom. The fourth-order valence-electron chi connectivity index (χ4n) is 4.03. The molecule has 2 unspecified atom stereocenters. The summed E-state index contributed by atoms with van der Waals surface area (Å²) in [7, 11) is 1.51. The highest BCUT2D eigenvalue weighted by molar-refractivity contribution is 5.30. The summed E-state index contributed by atoms with van der Waals surface area (Å²) in [5.41, 5.74) is 1.42. The third-order valence-electron chi connectivity index (χ3n) is 5.14. The lowest BCUT2D eigenvalue weighted by atomic mass is 9.77. The number of fused-ring (bicyclic) bond motifs is 1. The molecule has 21 heavy (non-hydrogen) atoms. The molecule has 116 valence electrons. The molecule has 2 saturated carbocycles. The minimum atomic E-state index is -0.245. The van der Waals surface area contributed by atoms with Crippen molar-refractivity contribution in [1.82, 2.24) is 5.32 Å². The van der Waals surface area contributed by atoms with Gasteiger partial charge in [0.1, 0.15) is 0 Å². The van der Waals surface area contributed by atoms with Crippen molar-refractivity contribution in [2.24, 2.45) is 17.3 Å². The van der Waals surface area contributed by atoms with Crippen LogP contribution in [0.25, 0.3) is 0 Å². The Morgan fingerprint density at radius 3 is 2.62 bits per heavy atom. The molecule has 0 radical (unpaired) electrons. The molecule has 0 saturated heterocycles. The third-order valence-corrected chi connectivity index (χ3v) is 5.14. The second-order valence-corrected chi connectivity index (χ2v) is 7.35. The van der Waals surface area contributed by atoms with Gasteiger partial charge in [-0.05, 0) is 60.6 Å². The molecular formula is C18H26FNO. The van der Waals surface area contributed by atoms with Crippen molar-refractivity contribution in [2.75, 3.05) is 13.7 Å². The molecule has 1 aromatic carbocycles. The number of methoxy groups -OCH3 is 1. The number of ether oxygens (including phenoxy) is 1. The van der Waals surface area contributed by atoms with Gasteiger partial charge in [-0.25, -0.2) is 4.39 Å². The lowest BCUT2D eigenvalue weighted by molar-refractivity contribution is 0.241. The van der Waals surface area contributed by atoms with Crippen LogP contribution in [0.15, 0.2) is 18.2 Å². The first-order valence-electron chi connectivity index (χ1n) is 8.07. The van der Waals surface area contributed by atoms with E-state index in [1.54, 1.807) is 12.1 Å². The quantitative estimate of drug-likeness (QED) is 0.861. The van der Waals surface area contributed by atoms with Gasteiger partial charge in [-0.3, -0.25) is 0 Å². The first-order valence-corrected chi connectivity index (χ1v) is 8.07. The number of halogens is 1. The standard InChI is InChI=1S/C18H26FNO/c1-12(2)20-11-18(9-14-7-15(14)10-18)8-13-4-5-17(21-3)16(19)6-13/h4-6,12,14-15,20H,7-11H2,1-3H3. The molecule has 2 aliphatic carbocycles. The molecule has 0 heterocycles. The predicted molar refractivity (Wildman–Crippen MR) is 83.1 cm³/mol. The molecular weight excluding hydrogens is 265 g/mol. The van der Waals surface area contributed by atoms with E-state index in [0.29, 0.717) is 17.2 Å². The number of benzene rings is 1. The summed E-state index contributed by atoms with van der Waals surface area (Å²) in [6.07, 6.45) is 4.98. The van der Waals surface area contributed by atoms with Crippen molar-refractivity contribution in [3.63, 3.8) is 0 Å². The van der Waals surface area contributed by atoms with Crippen LogP contribution in [-0.4, -0.2) is 19.7 Å². The van der Waals surface area contributed by atoms with E-state index in [9.17, 15) is 4.39 Å². The molecule has 0 spiro atoms. The summed E-state index contributed by atoms with van der Waals surface area (Å²) < 4.78 is 18.9. The molecule has 0 amide bonds. The maximum absolute atomic E-state index is 13.9. The van der Waals surface area contributed by atoms with Crippen molar-refractivity contribution < 1.29 is 9.13 Å².